The van der Waals surface area contributed by atoms with Gasteiger partial charge in [-0.15, -0.1) is 0 Å². The Hall–Kier alpha value is -1.85. The summed E-state index contributed by atoms with van der Waals surface area (Å²) in [5, 5.41) is 6.96. The van der Waals surface area contributed by atoms with Gasteiger partial charge >= 0.3 is 0 Å². The maximum atomic E-state index is 12.7. The molecule has 1 aliphatic heterocycles. The third-order valence-corrected chi connectivity index (χ3v) is 4.27. The average molecular weight is 276 g/mol. The molecule has 6 nitrogen and oxygen atoms in total. The minimum atomic E-state index is -0.364. The van der Waals surface area contributed by atoms with Crippen molar-refractivity contribution in [1.82, 2.24) is 15.1 Å². The summed E-state index contributed by atoms with van der Waals surface area (Å²) in [6.45, 7) is 0.0910. The molecule has 3 rings (SSSR count). The molecule has 0 spiro atoms. The zero-order chi connectivity index (χ0) is 14.1. The molecule has 2 heterocycles. The van der Waals surface area contributed by atoms with Crippen LogP contribution in [0.5, 0.6) is 0 Å². The van der Waals surface area contributed by atoms with E-state index in [-0.39, 0.29) is 30.3 Å². The third kappa shape index (κ3) is 2.42. The minimum absolute atomic E-state index is 0.00417. The molecular weight excluding hydrogens is 256 g/mol. The van der Waals surface area contributed by atoms with E-state index in [2.05, 4.69) is 10.4 Å². The monoisotopic (exact) mass is 276 g/mol. The Morgan fingerprint density at radius 2 is 2.00 bits per heavy atom. The molecule has 2 aliphatic rings. The predicted octanol–water partition coefficient (Wildman–Crippen LogP) is 0.832. The molecule has 2 fully saturated rings. The number of hydrogen-bond acceptors (Lipinski definition) is 3. The Morgan fingerprint density at radius 3 is 2.65 bits per heavy atom. The van der Waals surface area contributed by atoms with Crippen LogP contribution in [0.3, 0.4) is 0 Å². The van der Waals surface area contributed by atoms with E-state index in [1.165, 1.54) is 6.42 Å². The van der Waals surface area contributed by atoms with Crippen molar-refractivity contribution < 1.29 is 9.59 Å². The van der Waals surface area contributed by atoms with Gasteiger partial charge in [-0.2, -0.15) is 5.10 Å². The highest BCUT2D eigenvalue weighted by Gasteiger charge is 2.39. The van der Waals surface area contributed by atoms with Gasteiger partial charge in [0.2, 0.25) is 11.8 Å². The van der Waals surface area contributed by atoms with Gasteiger partial charge in [0.25, 0.3) is 0 Å². The Labute approximate surface area is 118 Å². The quantitative estimate of drug-likeness (QED) is 0.870. The number of rotatable bonds is 2. The summed E-state index contributed by atoms with van der Waals surface area (Å²) in [5.74, 6) is 0.202. The summed E-state index contributed by atoms with van der Waals surface area (Å²) < 4.78 is 1.64. The van der Waals surface area contributed by atoms with Crippen LogP contribution in [0.4, 0.5) is 5.69 Å². The van der Waals surface area contributed by atoms with Crippen molar-refractivity contribution in [3.8, 4) is 0 Å². The van der Waals surface area contributed by atoms with Crippen LogP contribution in [0.25, 0.3) is 0 Å². The summed E-state index contributed by atoms with van der Waals surface area (Å²) in [4.78, 5) is 26.1. The number of nitrogens with one attached hydrogen (secondary N) is 1. The van der Waals surface area contributed by atoms with Crippen LogP contribution in [0, 0.1) is 5.92 Å². The number of carbonyl (C=O) groups is 2. The fourth-order valence-electron chi connectivity index (χ4n) is 3.22. The first kappa shape index (κ1) is 13.1. The number of aromatic nitrogens is 2. The Morgan fingerprint density at radius 1 is 1.25 bits per heavy atom. The van der Waals surface area contributed by atoms with Crippen molar-refractivity contribution in [2.75, 3.05) is 11.4 Å². The number of nitrogens with zero attached hydrogens (tertiary/aromatic N) is 3. The molecule has 1 saturated carbocycles. The fraction of sp³-hybridized carbons (Fsp3) is 0.643. The maximum Gasteiger partial charge on any atom is 0.250 e. The number of hydrogen-bond donors (Lipinski definition) is 1. The van der Waals surface area contributed by atoms with Crippen LogP contribution in [0.2, 0.25) is 0 Å². The zero-order valence-electron chi connectivity index (χ0n) is 11.7. The van der Waals surface area contributed by atoms with Gasteiger partial charge in [-0.25, -0.2) is 0 Å². The molecule has 1 unspecified atom stereocenters. The van der Waals surface area contributed by atoms with E-state index >= 15 is 0 Å². The van der Waals surface area contributed by atoms with E-state index in [0.717, 1.165) is 25.7 Å². The summed E-state index contributed by atoms with van der Waals surface area (Å²) in [6.07, 6.45) is 8.99. The molecule has 1 saturated heterocycles. The summed E-state index contributed by atoms with van der Waals surface area (Å²) in [6, 6.07) is -0.364. The van der Waals surface area contributed by atoms with Gasteiger partial charge in [0.1, 0.15) is 12.6 Å². The lowest BCUT2D eigenvalue weighted by molar-refractivity contribution is -0.132. The molecule has 108 valence electrons. The highest BCUT2D eigenvalue weighted by atomic mass is 16.2. The molecule has 0 radical (unpaired) electrons. The van der Waals surface area contributed by atoms with Crippen LogP contribution in [-0.2, 0) is 16.6 Å². The second-order valence-electron chi connectivity index (χ2n) is 5.74. The van der Waals surface area contributed by atoms with Crippen LogP contribution in [0.15, 0.2) is 12.4 Å². The van der Waals surface area contributed by atoms with Crippen molar-refractivity contribution in [2.24, 2.45) is 13.0 Å². The Kier molecular flexibility index (Phi) is 3.46. The van der Waals surface area contributed by atoms with Crippen LogP contribution in [-0.4, -0.2) is 34.2 Å². The Bertz CT molecular complexity index is 519. The largest absolute Gasteiger partial charge is 0.342 e. The lowest BCUT2D eigenvalue weighted by Crippen LogP contribution is -2.61. The predicted molar refractivity (Wildman–Crippen MR) is 74.1 cm³/mol. The van der Waals surface area contributed by atoms with Crippen molar-refractivity contribution in [1.29, 1.82) is 0 Å². The zero-order valence-corrected chi connectivity index (χ0v) is 11.7. The summed E-state index contributed by atoms with van der Waals surface area (Å²) >= 11 is 0. The van der Waals surface area contributed by atoms with Crippen molar-refractivity contribution in [2.45, 2.75) is 38.1 Å². The van der Waals surface area contributed by atoms with Crippen molar-refractivity contribution >= 4 is 17.5 Å². The lowest BCUT2D eigenvalue weighted by atomic mass is 9.82. The molecule has 1 aromatic rings. The van der Waals surface area contributed by atoms with E-state index in [1.54, 1.807) is 29.0 Å². The second-order valence-corrected chi connectivity index (χ2v) is 5.74. The lowest BCUT2D eigenvalue weighted by Gasteiger charge is -2.37. The Balaban J connectivity index is 1.81. The SMILES string of the molecule is Cn1cc(N2CC(=O)NC(C3CCCCC3)C2=O)cn1. The molecule has 1 aromatic heterocycles. The molecule has 2 amide bonds. The summed E-state index contributed by atoms with van der Waals surface area (Å²) in [5.41, 5.74) is 0.702. The van der Waals surface area contributed by atoms with Crippen LogP contribution in [0.1, 0.15) is 32.1 Å². The highest BCUT2D eigenvalue weighted by Crippen LogP contribution is 2.29. The van der Waals surface area contributed by atoms with E-state index < -0.39 is 0 Å². The van der Waals surface area contributed by atoms with Crippen LogP contribution >= 0.6 is 0 Å². The maximum absolute atomic E-state index is 12.7. The van der Waals surface area contributed by atoms with Gasteiger partial charge in [0, 0.05) is 13.2 Å². The second kappa shape index (κ2) is 5.26. The van der Waals surface area contributed by atoms with E-state index in [4.69, 9.17) is 0 Å². The molecule has 6 heteroatoms. The van der Waals surface area contributed by atoms with E-state index in [1.807, 2.05) is 0 Å². The van der Waals surface area contributed by atoms with Crippen LogP contribution < -0.4 is 10.2 Å². The first-order chi connectivity index (χ1) is 9.65. The smallest absolute Gasteiger partial charge is 0.250 e. The molecule has 1 aliphatic carbocycles. The summed E-state index contributed by atoms with van der Waals surface area (Å²) in [7, 11) is 1.80. The fourth-order valence-corrected chi connectivity index (χ4v) is 3.22. The highest BCUT2D eigenvalue weighted by molar-refractivity contribution is 6.06. The normalized spacial score (nSPS) is 24.9. The molecule has 0 bridgehead atoms. The number of carbonyl (C=O) groups excluding carboxylic acids is 2. The van der Waals surface area contributed by atoms with Gasteiger partial charge in [-0.3, -0.25) is 19.2 Å². The number of aryl methyl sites for hydroxylation is 1. The number of amides is 2. The molecule has 1 atom stereocenters. The molecule has 1 N–H and O–H groups in total. The first-order valence-corrected chi connectivity index (χ1v) is 7.24. The standard InChI is InChI=1S/C14H20N4O2/c1-17-8-11(7-15-17)18-9-12(19)16-13(14(18)20)10-5-3-2-4-6-10/h7-8,10,13H,2-6,9H2,1H3,(H,16,19). The van der Waals surface area contributed by atoms with E-state index in [0.29, 0.717) is 5.69 Å². The van der Waals surface area contributed by atoms with E-state index in [9.17, 15) is 9.59 Å². The average Bonchev–Trinajstić information content (AvgIpc) is 2.88. The molecule has 0 aromatic carbocycles. The molecular formula is C14H20N4O2. The third-order valence-electron chi connectivity index (χ3n) is 4.27. The van der Waals surface area contributed by atoms with Crippen molar-refractivity contribution in [3.05, 3.63) is 12.4 Å². The van der Waals surface area contributed by atoms with Gasteiger partial charge in [0.15, 0.2) is 0 Å². The first-order valence-electron chi connectivity index (χ1n) is 7.24. The molecule has 20 heavy (non-hydrogen) atoms. The van der Waals surface area contributed by atoms with Gasteiger partial charge in [0.05, 0.1) is 11.9 Å². The van der Waals surface area contributed by atoms with Gasteiger partial charge in [-0.05, 0) is 18.8 Å². The van der Waals surface area contributed by atoms with Crippen molar-refractivity contribution in [3.63, 3.8) is 0 Å². The van der Waals surface area contributed by atoms with Gasteiger partial charge < -0.3 is 5.32 Å². The topological polar surface area (TPSA) is 67.2 Å². The minimum Gasteiger partial charge on any atom is -0.342 e. The van der Waals surface area contributed by atoms with Gasteiger partial charge in [-0.1, -0.05) is 19.3 Å². The number of anilines is 1. The number of piperazine rings is 1.